The number of nitrogens with one attached hydrogen (secondary N) is 2. The molecule has 0 spiro atoms. The van der Waals surface area contributed by atoms with Gasteiger partial charge in [-0.3, -0.25) is 9.59 Å². The number of amides is 2. The number of carbonyl (C=O) groups is 2. The van der Waals surface area contributed by atoms with Crippen LogP contribution in [-0.2, 0) is 15.8 Å². The van der Waals surface area contributed by atoms with Gasteiger partial charge < -0.3 is 20.1 Å². The van der Waals surface area contributed by atoms with Crippen LogP contribution in [0.25, 0.3) is 0 Å². The van der Waals surface area contributed by atoms with Gasteiger partial charge in [0.25, 0.3) is 11.8 Å². The molecule has 0 bridgehead atoms. The summed E-state index contributed by atoms with van der Waals surface area (Å²) >= 11 is 5.58. The van der Waals surface area contributed by atoms with Crippen molar-refractivity contribution in [1.82, 2.24) is 15.6 Å². The first-order valence-electron chi connectivity index (χ1n) is 9.50. The second-order valence-corrected chi connectivity index (χ2v) is 7.80. The van der Waals surface area contributed by atoms with Gasteiger partial charge in [0.15, 0.2) is 13.2 Å². The van der Waals surface area contributed by atoms with Gasteiger partial charge in [-0.05, 0) is 37.3 Å². The van der Waals surface area contributed by atoms with E-state index >= 15 is 0 Å². The Morgan fingerprint density at radius 2 is 1.76 bits per heavy atom. The van der Waals surface area contributed by atoms with Crippen molar-refractivity contribution in [2.75, 3.05) is 13.2 Å². The van der Waals surface area contributed by atoms with Crippen molar-refractivity contribution in [2.45, 2.75) is 25.1 Å². The fraction of sp³-hybridized carbons (Fsp3) is 0.286. The van der Waals surface area contributed by atoms with Crippen molar-refractivity contribution < 1.29 is 36.6 Å². The average Bonchev–Trinajstić information content (AvgIpc) is 2.71. The first kappa shape index (κ1) is 24.3. The molecule has 33 heavy (non-hydrogen) atoms. The summed E-state index contributed by atoms with van der Waals surface area (Å²) in [5.74, 6) is -1.48. The van der Waals surface area contributed by atoms with E-state index in [2.05, 4.69) is 15.6 Å². The van der Waals surface area contributed by atoms with E-state index in [4.69, 9.17) is 21.1 Å². The van der Waals surface area contributed by atoms with Crippen LogP contribution in [0.1, 0.15) is 19.0 Å². The molecule has 0 aliphatic heterocycles. The third-order valence-electron chi connectivity index (χ3n) is 4.43. The van der Waals surface area contributed by atoms with E-state index in [1.165, 1.54) is 12.1 Å². The molecule has 1 unspecified atom stereocenters. The normalized spacial score (nSPS) is 17.5. The molecule has 176 valence electrons. The average molecular weight is 488 g/mol. The van der Waals surface area contributed by atoms with Gasteiger partial charge >= 0.3 is 6.18 Å². The first-order valence-corrected chi connectivity index (χ1v) is 9.88. The lowest BCUT2D eigenvalue weighted by molar-refractivity contribution is -0.141. The zero-order valence-electron chi connectivity index (χ0n) is 17.1. The minimum atomic E-state index is -4.56. The predicted molar refractivity (Wildman–Crippen MR) is 109 cm³/mol. The number of pyridine rings is 1. The molecule has 12 heteroatoms. The number of alkyl halides is 3. The van der Waals surface area contributed by atoms with E-state index in [-0.39, 0.29) is 23.1 Å². The number of ether oxygens (including phenoxy) is 2. The van der Waals surface area contributed by atoms with Gasteiger partial charge in [-0.2, -0.15) is 13.2 Å². The lowest BCUT2D eigenvalue weighted by atomic mass is 9.84. The monoisotopic (exact) mass is 487 g/mol. The molecule has 1 atom stereocenters. The van der Waals surface area contributed by atoms with Crippen LogP contribution in [0, 0.1) is 5.82 Å². The number of rotatable bonds is 8. The van der Waals surface area contributed by atoms with Crippen molar-refractivity contribution in [3.05, 3.63) is 64.8 Å². The Morgan fingerprint density at radius 3 is 2.36 bits per heavy atom. The lowest BCUT2D eigenvalue weighted by Gasteiger charge is -2.37. The topological polar surface area (TPSA) is 89.6 Å². The molecule has 2 amide bonds. The first-order chi connectivity index (χ1) is 15.4. The fourth-order valence-electron chi connectivity index (χ4n) is 2.98. The largest absolute Gasteiger partial charge is 0.484 e. The molecule has 0 saturated heterocycles. The van der Waals surface area contributed by atoms with E-state index in [0.717, 1.165) is 24.4 Å². The Labute approximate surface area is 190 Å². The highest BCUT2D eigenvalue weighted by Gasteiger charge is 2.34. The number of hydrogen-bond donors (Lipinski definition) is 2. The quantitative estimate of drug-likeness (QED) is 0.555. The van der Waals surface area contributed by atoms with E-state index in [0.29, 0.717) is 12.1 Å². The van der Waals surface area contributed by atoms with Gasteiger partial charge in [0.05, 0.1) is 16.8 Å². The Balaban J connectivity index is 1.41. The number of nitrogens with zero attached hydrogens (tertiary/aromatic N) is 1. The molecule has 1 aromatic heterocycles. The van der Waals surface area contributed by atoms with Crippen LogP contribution in [0.3, 0.4) is 0 Å². The summed E-state index contributed by atoms with van der Waals surface area (Å²) < 4.78 is 61.2. The zero-order chi connectivity index (χ0) is 24.2. The minimum absolute atomic E-state index is 0.0124. The highest BCUT2D eigenvalue weighted by Crippen LogP contribution is 2.29. The van der Waals surface area contributed by atoms with Gasteiger partial charge in [-0.1, -0.05) is 11.6 Å². The third kappa shape index (κ3) is 6.82. The Hall–Kier alpha value is -3.34. The molecule has 0 saturated carbocycles. The summed E-state index contributed by atoms with van der Waals surface area (Å²) in [5, 5.41) is 5.24. The lowest BCUT2D eigenvalue weighted by Crippen LogP contribution is -2.53. The number of benzene rings is 1. The number of hydrogen-bond acceptors (Lipinski definition) is 5. The standard InChI is InChI=1S/C21H18ClF4N3O4/c1-20(29-19(31)11-32-13-2-4-15(22)16(23)6-13)7-12(8-20)28-18(30)10-33-14-3-5-17(27-9-14)21(24,25)26/h2-7,9H,8,10-11H2,1H3,(H,28,30)(H,29,31). The van der Waals surface area contributed by atoms with Crippen LogP contribution in [0.5, 0.6) is 11.5 Å². The molecule has 1 aromatic carbocycles. The molecular weight excluding hydrogens is 470 g/mol. The van der Waals surface area contributed by atoms with Crippen molar-refractivity contribution in [1.29, 1.82) is 0 Å². The predicted octanol–water partition coefficient (Wildman–Crippen LogP) is 3.63. The SMILES string of the molecule is CC1(NC(=O)COc2ccc(Cl)c(F)c2)C=C(NC(=O)COc2ccc(C(F)(F)F)nc2)C1. The Morgan fingerprint density at radius 1 is 1.12 bits per heavy atom. The van der Waals surface area contributed by atoms with Gasteiger partial charge in [0.1, 0.15) is 23.0 Å². The van der Waals surface area contributed by atoms with Crippen LogP contribution < -0.4 is 20.1 Å². The molecule has 1 aliphatic rings. The smallest absolute Gasteiger partial charge is 0.433 e. The highest BCUT2D eigenvalue weighted by molar-refractivity contribution is 6.30. The number of aromatic nitrogens is 1. The Bertz CT molecular complexity index is 1080. The maximum Gasteiger partial charge on any atom is 0.433 e. The molecule has 7 nitrogen and oxygen atoms in total. The second kappa shape index (κ2) is 9.65. The van der Waals surface area contributed by atoms with Crippen molar-refractivity contribution in [3.63, 3.8) is 0 Å². The summed E-state index contributed by atoms with van der Waals surface area (Å²) in [6.45, 7) is 0.951. The maximum absolute atomic E-state index is 13.4. The molecule has 0 radical (unpaired) electrons. The molecule has 3 rings (SSSR count). The Kier molecular flexibility index (Phi) is 7.11. The van der Waals surface area contributed by atoms with Crippen molar-refractivity contribution in [2.24, 2.45) is 0 Å². The van der Waals surface area contributed by atoms with Crippen LogP contribution in [0.15, 0.2) is 48.3 Å². The van der Waals surface area contributed by atoms with Gasteiger partial charge in [-0.25, -0.2) is 9.37 Å². The van der Waals surface area contributed by atoms with Crippen LogP contribution in [0.4, 0.5) is 17.6 Å². The van der Waals surface area contributed by atoms with Crippen LogP contribution in [0.2, 0.25) is 5.02 Å². The summed E-state index contributed by atoms with van der Waals surface area (Å²) in [5.41, 5.74) is -1.24. The summed E-state index contributed by atoms with van der Waals surface area (Å²) in [4.78, 5) is 27.3. The second-order valence-electron chi connectivity index (χ2n) is 7.39. The van der Waals surface area contributed by atoms with Crippen molar-refractivity contribution >= 4 is 23.4 Å². The van der Waals surface area contributed by atoms with E-state index in [9.17, 15) is 27.2 Å². The van der Waals surface area contributed by atoms with E-state index < -0.39 is 41.6 Å². The molecule has 2 N–H and O–H groups in total. The number of halogens is 5. The fourth-order valence-corrected chi connectivity index (χ4v) is 3.10. The van der Waals surface area contributed by atoms with Crippen LogP contribution in [-0.4, -0.2) is 35.6 Å². The van der Waals surface area contributed by atoms with Gasteiger partial charge in [-0.15, -0.1) is 0 Å². The molecule has 1 aliphatic carbocycles. The number of carbonyl (C=O) groups excluding carboxylic acids is 2. The van der Waals surface area contributed by atoms with E-state index in [1.807, 2.05) is 0 Å². The summed E-state index contributed by atoms with van der Waals surface area (Å²) in [6, 6.07) is 5.63. The van der Waals surface area contributed by atoms with Gasteiger partial charge in [0.2, 0.25) is 0 Å². The van der Waals surface area contributed by atoms with E-state index in [1.54, 1.807) is 13.0 Å². The highest BCUT2D eigenvalue weighted by atomic mass is 35.5. The van der Waals surface area contributed by atoms with Gasteiger partial charge in [0, 0.05) is 18.2 Å². The maximum atomic E-state index is 13.4. The zero-order valence-corrected chi connectivity index (χ0v) is 17.9. The summed E-state index contributed by atoms with van der Waals surface area (Å²) in [6.07, 6.45) is -1.73. The minimum Gasteiger partial charge on any atom is -0.484 e. The molecule has 0 fully saturated rings. The van der Waals surface area contributed by atoms with Crippen molar-refractivity contribution in [3.8, 4) is 11.5 Å². The third-order valence-corrected chi connectivity index (χ3v) is 4.74. The van der Waals surface area contributed by atoms with Crippen LogP contribution >= 0.6 is 11.6 Å². The summed E-state index contributed by atoms with van der Waals surface area (Å²) in [7, 11) is 0. The molecule has 2 aromatic rings. The molecule has 1 heterocycles. The molecular formula is C21H18ClF4N3O4.